The van der Waals surface area contributed by atoms with Crippen LogP contribution in [0.25, 0.3) is 11.1 Å². The number of guanidine groups is 1. The Morgan fingerprint density at radius 2 is 1.97 bits per heavy atom. The number of thiophene rings is 1. The van der Waals surface area contributed by atoms with E-state index in [0.717, 1.165) is 22.1 Å². The van der Waals surface area contributed by atoms with Gasteiger partial charge in [0, 0.05) is 18.5 Å². The Morgan fingerprint density at radius 3 is 2.71 bits per heavy atom. The first-order valence-corrected chi connectivity index (χ1v) is 11.5. The van der Waals surface area contributed by atoms with Crippen molar-refractivity contribution in [3.05, 3.63) is 70.0 Å². The standard InChI is InChI=1S/C24H19F3N6OS/c1-32-21(34)17-11-33(20-7-3-6-18(30-20)24(25,26)27)13-23(17,31-22(32)29)19-9-16(12-35-19)15-5-2-4-14(8-15)10-28/h2-9,12,17H,11,13H2,1H3,(H2,29,31)/t17-,23-/m0/s1. The minimum atomic E-state index is -4.58. The van der Waals surface area contributed by atoms with Crippen LogP contribution in [0.2, 0.25) is 0 Å². The van der Waals surface area contributed by atoms with Gasteiger partial charge in [-0.1, -0.05) is 18.2 Å². The average molecular weight is 497 g/mol. The summed E-state index contributed by atoms with van der Waals surface area (Å²) in [5.41, 5.74) is 6.25. The molecular formula is C24H19F3N6OS. The predicted molar refractivity (Wildman–Crippen MR) is 125 cm³/mol. The molecule has 0 radical (unpaired) electrons. The van der Waals surface area contributed by atoms with E-state index in [9.17, 15) is 23.2 Å². The molecule has 35 heavy (non-hydrogen) atoms. The smallest absolute Gasteiger partial charge is 0.369 e. The van der Waals surface area contributed by atoms with Crippen molar-refractivity contribution in [1.82, 2.24) is 9.88 Å². The number of halogens is 3. The fraction of sp³-hybridized carbons (Fsp3) is 0.250. The molecule has 178 valence electrons. The number of aromatic nitrogens is 1. The van der Waals surface area contributed by atoms with Crippen LogP contribution in [-0.2, 0) is 16.5 Å². The van der Waals surface area contributed by atoms with Crippen LogP contribution in [0, 0.1) is 17.2 Å². The van der Waals surface area contributed by atoms with E-state index in [-0.39, 0.29) is 30.8 Å². The lowest BCUT2D eigenvalue weighted by atomic mass is 9.83. The van der Waals surface area contributed by atoms with E-state index < -0.39 is 23.3 Å². The SMILES string of the molecule is CN1C(=O)[C@@H]2CN(c3cccc(C(F)(F)F)n3)C[C@]2(c2cc(-c3cccc(C#N)c3)cs2)N=C1N. The molecule has 1 fully saturated rings. The molecule has 2 N–H and O–H groups in total. The monoisotopic (exact) mass is 496 g/mol. The Hall–Kier alpha value is -3.91. The first-order chi connectivity index (χ1) is 16.6. The van der Waals surface area contributed by atoms with Crippen LogP contribution in [0.4, 0.5) is 19.0 Å². The summed E-state index contributed by atoms with van der Waals surface area (Å²) < 4.78 is 39.8. The first-order valence-electron chi connectivity index (χ1n) is 10.6. The molecule has 2 aromatic heterocycles. The van der Waals surface area contributed by atoms with Gasteiger partial charge in [0.25, 0.3) is 0 Å². The summed E-state index contributed by atoms with van der Waals surface area (Å²) in [6.45, 7) is 0.288. The average Bonchev–Trinajstić information content (AvgIpc) is 3.49. The highest BCUT2D eigenvalue weighted by molar-refractivity contribution is 7.10. The topological polar surface area (TPSA) is 98.6 Å². The number of hydrogen-bond donors (Lipinski definition) is 1. The molecule has 5 rings (SSSR count). The van der Waals surface area contributed by atoms with Crippen LogP contribution in [0.15, 0.2) is 58.9 Å². The highest BCUT2D eigenvalue weighted by atomic mass is 32.1. The van der Waals surface area contributed by atoms with Crippen molar-refractivity contribution >= 4 is 29.0 Å². The van der Waals surface area contributed by atoms with E-state index in [1.807, 2.05) is 17.5 Å². The van der Waals surface area contributed by atoms with Crippen LogP contribution in [0.5, 0.6) is 0 Å². The minimum absolute atomic E-state index is 0.0477. The van der Waals surface area contributed by atoms with Crippen LogP contribution in [0.3, 0.4) is 0 Å². The maximum Gasteiger partial charge on any atom is 0.433 e. The number of fused-ring (bicyclic) bond motifs is 1. The number of hydrogen-bond acceptors (Lipinski definition) is 7. The van der Waals surface area contributed by atoms with Gasteiger partial charge in [0.05, 0.1) is 24.1 Å². The van der Waals surface area contributed by atoms with Gasteiger partial charge in [-0.25, -0.2) is 9.98 Å². The van der Waals surface area contributed by atoms with Crippen molar-refractivity contribution in [1.29, 1.82) is 5.26 Å². The van der Waals surface area contributed by atoms with Crippen molar-refractivity contribution < 1.29 is 18.0 Å². The van der Waals surface area contributed by atoms with E-state index in [2.05, 4.69) is 11.1 Å². The first kappa shape index (κ1) is 22.9. The second-order valence-electron chi connectivity index (χ2n) is 8.50. The van der Waals surface area contributed by atoms with Gasteiger partial charge in [0.1, 0.15) is 17.1 Å². The van der Waals surface area contributed by atoms with Crippen LogP contribution in [-0.4, -0.2) is 41.9 Å². The number of amides is 1. The zero-order valence-corrected chi connectivity index (χ0v) is 19.3. The predicted octanol–water partition coefficient (Wildman–Crippen LogP) is 3.82. The van der Waals surface area contributed by atoms with Crippen molar-refractivity contribution in [3.63, 3.8) is 0 Å². The molecule has 0 unspecified atom stereocenters. The Morgan fingerprint density at radius 1 is 1.20 bits per heavy atom. The highest BCUT2D eigenvalue weighted by Gasteiger charge is 2.56. The summed E-state index contributed by atoms with van der Waals surface area (Å²) in [4.78, 5) is 25.5. The van der Waals surface area contributed by atoms with E-state index in [4.69, 9.17) is 10.7 Å². The van der Waals surface area contributed by atoms with Gasteiger partial charge in [0.15, 0.2) is 5.96 Å². The molecule has 2 aliphatic rings. The lowest BCUT2D eigenvalue weighted by Crippen LogP contribution is -2.54. The Kier molecular flexibility index (Phi) is 5.29. The Bertz CT molecular complexity index is 1390. The number of anilines is 1. The Balaban J connectivity index is 1.58. The second kappa shape index (κ2) is 8.09. The molecular weight excluding hydrogens is 477 g/mol. The summed E-state index contributed by atoms with van der Waals surface area (Å²) in [6.07, 6.45) is -4.58. The van der Waals surface area contributed by atoms with Gasteiger partial charge in [-0.15, -0.1) is 11.3 Å². The highest BCUT2D eigenvalue weighted by Crippen LogP contribution is 2.48. The van der Waals surface area contributed by atoms with E-state index >= 15 is 0 Å². The van der Waals surface area contributed by atoms with Crippen LogP contribution in [0.1, 0.15) is 16.1 Å². The molecule has 2 atom stereocenters. The molecule has 1 amide bonds. The summed E-state index contributed by atoms with van der Waals surface area (Å²) in [5, 5.41) is 11.1. The van der Waals surface area contributed by atoms with Gasteiger partial charge in [0.2, 0.25) is 5.91 Å². The van der Waals surface area contributed by atoms with Crippen molar-refractivity contribution in [2.75, 3.05) is 25.0 Å². The molecule has 3 aromatic rings. The van der Waals surface area contributed by atoms with Gasteiger partial charge in [-0.05, 0) is 46.8 Å². The van der Waals surface area contributed by atoms with Gasteiger partial charge < -0.3 is 10.6 Å². The van der Waals surface area contributed by atoms with Crippen LogP contribution >= 0.6 is 11.3 Å². The molecule has 0 saturated carbocycles. The van der Waals surface area contributed by atoms with Crippen molar-refractivity contribution in [2.24, 2.45) is 16.6 Å². The number of nitrogens with two attached hydrogens (primary N) is 1. The molecule has 0 spiro atoms. The number of alkyl halides is 3. The van der Waals surface area contributed by atoms with Crippen LogP contribution < -0.4 is 10.6 Å². The molecule has 0 bridgehead atoms. The third-order valence-corrected chi connectivity index (χ3v) is 7.49. The number of benzene rings is 1. The van der Waals surface area contributed by atoms with E-state index in [0.29, 0.717) is 5.56 Å². The number of nitriles is 1. The molecule has 0 aliphatic carbocycles. The maximum atomic E-state index is 13.3. The largest absolute Gasteiger partial charge is 0.433 e. The zero-order chi connectivity index (χ0) is 25.0. The molecule has 2 aliphatic heterocycles. The van der Waals surface area contributed by atoms with Gasteiger partial charge in [-0.3, -0.25) is 9.69 Å². The quantitative estimate of drug-likeness (QED) is 0.595. The fourth-order valence-electron chi connectivity index (χ4n) is 4.58. The molecule has 7 nitrogen and oxygen atoms in total. The number of carbonyl (C=O) groups excluding carboxylic acids is 1. The minimum Gasteiger partial charge on any atom is -0.369 e. The molecule has 11 heteroatoms. The molecule has 1 aromatic carbocycles. The van der Waals surface area contributed by atoms with Gasteiger partial charge >= 0.3 is 6.18 Å². The summed E-state index contributed by atoms with van der Waals surface area (Å²) >= 11 is 1.40. The lowest BCUT2D eigenvalue weighted by Gasteiger charge is -2.36. The molecule has 1 saturated heterocycles. The van der Waals surface area contributed by atoms with Gasteiger partial charge in [-0.2, -0.15) is 18.4 Å². The normalized spacial score (nSPS) is 22.1. The Labute approximate surface area is 202 Å². The maximum absolute atomic E-state index is 13.3. The lowest BCUT2D eigenvalue weighted by molar-refractivity contribution is -0.141. The van der Waals surface area contributed by atoms with Crippen molar-refractivity contribution in [3.8, 4) is 17.2 Å². The summed E-state index contributed by atoms with van der Waals surface area (Å²) in [6, 6.07) is 14.9. The van der Waals surface area contributed by atoms with E-state index in [1.165, 1.54) is 35.4 Å². The molecule has 4 heterocycles. The summed E-state index contributed by atoms with van der Waals surface area (Å²) in [5.74, 6) is -0.746. The van der Waals surface area contributed by atoms with Crippen molar-refractivity contribution in [2.45, 2.75) is 11.7 Å². The number of carbonyl (C=O) groups is 1. The number of nitrogens with zero attached hydrogens (tertiary/aromatic N) is 5. The zero-order valence-electron chi connectivity index (χ0n) is 18.5. The third-order valence-electron chi connectivity index (χ3n) is 6.40. The number of aliphatic imine (C=N–C) groups is 1. The second-order valence-corrected chi connectivity index (χ2v) is 9.41. The third kappa shape index (κ3) is 3.80. The summed E-state index contributed by atoms with van der Waals surface area (Å²) in [7, 11) is 1.53. The van der Waals surface area contributed by atoms with E-state index in [1.54, 1.807) is 23.1 Å². The number of rotatable bonds is 3. The fourth-order valence-corrected chi connectivity index (χ4v) is 5.69. The number of pyridine rings is 1.